The Hall–Kier alpha value is -3.30. The highest BCUT2D eigenvalue weighted by Gasteiger charge is 2.26. The molecule has 10 heteroatoms. The number of anilines is 1. The molecule has 0 N–H and O–H groups in total. The second-order valence-electron chi connectivity index (χ2n) is 8.14. The minimum Gasteiger partial charge on any atom is -0.370 e. The highest BCUT2D eigenvalue weighted by atomic mass is 35.5. The summed E-state index contributed by atoms with van der Waals surface area (Å²) >= 11 is 5.96. The number of halogens is 2. The van der Waals surface area contributed by atoms with Crippen LogP contribution in [0.25, 0.3) is 17.0 Å². The van der Waals surface area contributed by atoms with Crippen molar-refractivity contribution in [2.75, 3.05) is 24.6 Å². The Morgan fingerprint density at radius 3 is 2.76 bits per heavy atom. The summed E-state index contributed by atoms with van der Waals surface area (Å²) < 4.78 is 24.0. The Labute approximate surface area is 194 Å². The number of fused-ring (bicyclic) bond motifs is 1. The van der Waals surface area contributed by atoms with Crippen molar-refractivity contribution in [2.45, 2.75) is 20.0 Å². The topological polar surface area (TPSA) is 77.6 Å². The molecule has 4 aromatic rings. The predicted octanol–water partition coefficient (Wildman–Crippen LogP) is 3.48. The minimum atomic E-state index is -0.561. The third kappa shape index (κ3) is 3.87. The van der Waals surface area contributed by atoms with Crippen LogP contribution in [0.5, 0.6) is 0 Å². The van der Waals surface area contributed by atoms with Crippen molar-refractivity contribution < 1.29 is 9.13 Å². The van der Waals surface area contributed by atoms with E-state index in [0.717, 1.165) is 5.56 Å². The number of ether oxygens (including phenoxy) is 1. The molecular weight excluding hydrogens is 447 g/mol. The number of hydrogen-bond acceptors (Lipinski definition) is 6. The molecule has 0 bridgehead atoms. The van der Waals surface area contributed by atoms with Crippen molar-refractivity contribution in [3.63, 3.8) is 0 Å². The van der Waals surface area contributed by atoms with Crippen LogP contribution in [0, 0.1) is 19.7 Å². The molecule has 4 heterocycles. The van der Waals surface area contributed by atoms with Crippen LogP contribution in [0.1, 0.15) is 22.9 Å². The third-order valence-corrected chi connectivity index (χ3v) is 6.16. The molecule has 1 aliphatic heterocycles. The van der Waals surface area contributed by atoms with Gasteiger partial charge in [-0.15, -0.1) is 0 Å². The van der Waals surface area contributed by atoms with E-state index in [-0.39, 0.29) is 28.1 Å². The van der Waals surface area contributed by atoms with Crippen molar-refractivity contribution in [1.29, 1.82) is 0 Å². The minimum absolute atomic E-state index is 0.176. The van der Waals surface area contributed by atoms with Crippen LogP contribution < -0.4 is 10.5 Å². The van der Waals surface area contributed by atoms with Gasteiger partial charge in [0.25, 0.3) is 5.56 Å². The largest absolute Gasteiger partial charge is 0.370 e. The van der Waals surface area contributed by atoms with Gasteiger partial charge >= 0.3 is 0 Å². The quantitative estimate of drug-likeness (QED) is 0.458. The van der Waals surface area contributed by atoms with Crippen LogP contribution in [0.15, 0.2) is 41.5 Å². The van der Waals surface area contributed by atoms with Crippen LogP contribution in [0.4, 0.5) is 10.2 Å². The molecule has 1 unspecified atom stereocenters. The second-order valence-corrected chi connectivity index (χ2v) is 8.57. The van der Waals surface area contributed by atoms with Gasteiger partial charge in [0.2, 0.25) is 0 Å². The number of nitrogens with zero attached hydrogens (tertiary/aromatic N) is 6. The van der Waals surface area contributed by atoms with Gasteiger partial charge in [-0.25, -0.2) is 18.8 Å². The first-order valence-electron chi connectivity index (χ1n) is 10.5. The molecule has 33 heavy (non-hydrogen) atoms. The lowest BCUT2D eigenvalue weighted by atomic mass is 10.1. The van der Waals surface area contributed by atoms with Gasteiger partial charge in [0, 0.05) is 54.2 Å². The van der Waals surface area contributed by atoms with Crippen LogP contribution in [-0.4, -0.2) is 43.8 Å². The summed E-state index contributed by atoms with van der Waals surface area (Å²) in [4.78, 5) is 24.5. The van der Waals surface area contributed by atoms with Crippen LogP contribution in [0.3, 0.4) is 0 Å². The van der Waals surface area contributed by atoms with Gasteiger partial charge in [0.1, 0.15) is 23.4 Å². The van der Waals surface area contributed by atoms with Crippen molar-refractivity contribution in [1.82, 2.24) is 24.1 Å². The molecule has 3 aromatic heterocycles. The molecule has 1 aromatic carbocycles. The van der Waals surface area contributed by atoms with Gasteiger partial charge in [-0.2, -0.15) is 5.10 Å². The van der Waals surface area contributed by atoms with Gasteiger partial charge in [0.05, 0.1) is 18.4 Å². The maximum absolute atomic E-state index is 14.9. The highest BCUT2D eigenvalue weighted by molar-refractivity contribution is 6.30. The Balaban J connectivity index is 1.67. The number of benzene rings is 1. The summed E-state index contributed by atoms with van der Waals surface area (Å²) in [6, 6.07) is 6.08. The first-order chi connectivity index (χ1) is 15.8. The van der Waals surface area contributed by atoms with Crippen molar-refractivity contribution in [2.24, 2.45) is 7.05 Å². The zero-order valence-electron chi connectivity index (χ0n) is 18.4. The zero-order valence-corrected chi connectivity index (χ0v) is 19.2. The van der Waals surface area contributed by atoms with Gasteiger partial charge in [0.15, 0.2) is 5.82 Å². The molecule has 170 valence electrons. The molecule has 0 radical (unpaired) electrons. The normalized spacial score (nSPS) is 16.5. The molecule has 1 fully saturated rings. The zero-order chi connectivity index (χ0) is 23.3. The Morgan fingerprint density at radius 1 is 1.21 bits per heavy atom. The van der Waals surface area contributed by atoms with Crippen molar-refractivity contribution in [3.05, 3.63) is 74.7 Å². The number of aryl methyl sites for hydroxylation is 2. The predicted molar refractivity (Wildman–Crippen MR) is 123 cm³/mol. The summed E-state index contributed by atoms with van der Waals surface area (Å²) in [6.07, 6.45) is 3.52. The first-order valence-corrected chi connectivity index (χ1v) is 10.9. The average Bonchev–Trinajstić information content (AvgIpc) is 3.23. The lowest BCUT2D eigenvalue weighted by Gasteiger charge is -2.33. The van der Waals surface area contributed by atoms with E-state index >= 15 is 0 Å². The van der Waals surface area contributed by atoms with Crippen LogP contribution >= 0.6 is 11.6 Å². The SMILES string of the molecule is Cc1nc2cc(N3CCOC(c4cnn(C)c4)C3)nc(-c3ccc(Cl)cc3F)n2c(=O)c1C. The first kappa shape index (κ1) is 21.5. The third-order valence-electron chi connectivity index (χ3n) is 5.93. The fourth-order valence-corrected chi connectivity index (χ4v) is 4.18. The summed E-state index contributed by atoms with van der Waals surface area (Å²) in [7, 11) is 1.86. The average molecular weight is 469 g/mol. The molecule has 8 nitrogen and oxygen atoms in total. The van der Waals surface area contributed by atoms with Gasteiger partial charge in [-0.3, -0.25) is 9.48 Å². The lowest BCUT2D eigenvalue weighted by molar-refractivity contribution is 0.0395. The standard InChI is InChI=1S/C23H22ClFN6O2/c1-13-14(2)27-21-9-20(30-6-7-33-19(12-30)15-10-26-29(3)11-15)28-22(31(21)23(13)32)17-5-4-16(24)8-18(17)25/h4-5,8-11,19H,6-7,12H2,1-3H3. The summed E-state index contributed by atoms with van der Waals surface area (Å²) in [5.41, 5.74) is 2.37. The number of aromatic nitrogens is 5. The maximum Gasteiger partial charge on any atom is 0.262 e. The Bertz CT molecular complexity index is 1430. The Kier molecular flexibility index (Phi) is 5.38. The van der Waals surface area contributed by atoms with Crippen LogP contribution in [-0.2, 0) is 11.8 Å². The smallest absolute Gasteiger partial charge is 0.262 e. The van der Waals surface area contributed by atoms with Gasteiger partial charge in [-0.05, 0) is 32.0 Å². The molecule has 0 aliphatic carbocycles. The fraction of sp³-hybridized carbons (Fsp3) is 0.304. The maximum atomic E-state index is 14.9. The summed E-state index contributed by atoms with van der Waals surface area (Å²) in [5.74, 6) is 0.210. The van der Waals surface area contributed by atoms with E-state index in [2.05, 4.69) is 15.0 Å². The lowest BCUT2D eigenvalue weighted by Crippen LogP contribution is -2.39. The molecule has 5 rings (SSSR count). The molecule has 1 atom stereocenters. The summed E-state index contributed by atoms with van der Waals surface area (Å²) in [5, 5.41) is 4.50. The number of hydrogen-bond donors (Lipinski definition) is 0. The van der Waals surface area contributed by atoms with Gasteiger partial charge < -0.3 is 9.64 Å². The van der Waals surface area contributed by atoms with E-state index in [9.17, 15) is 9.18 Å². The molecule has 1 saturated heterocycles. The molecule has 1 aliphatic rings. The Morgan fingerprint density at radius 2 is 2.03 bits per heavy atom. The number of rotatable bonds is 3. The summed E-state index contributed by atoms with van der Waals surface area (Å²) in [6.45, 7) is 5.11. The van der Waals surface area contributed by atoms with E-state index in [4.69, 9.17) is 21.3 Å². The van der Waals surface area contributed by atoms with E-state index in [0.29, 0.717) is 42.4 Å². The molecule has 0 spiro atoms. The van der Waals surface area contributed by atoms with Crippen LogP contribution in [0.2, 0.25) is 5.02 Å². The fourth-order valence-electron chi connectivity index (χ4n) is 4.02. The van der Waals surface area contributed by atoms with Gasteiger partial charge in [-0.1, -0.05) is 11.6 Å². The van der Waals surface area contributed by atoms with E-state index < -0.39 is 5.82 Å². The van der Waals surface area contributed by atoms with E-state index in [1.165, 1.54) is 16.5 Å². The van der Waals surface area contributed by atoms with E-state index in [1.807, 2.05) is 13.2 Å². The molecular formula is C23H22ClFN6O2. The molecule has 0 saturated carbocycles. The van der Waals surface area contributed by atoms with Crippen molar-refractivity contribution >= 4 is 23.1 Å². The van der Waals surface area contributed by atoms with Crippen molar-refractivity contribution in [3.8, 4) is 11.4 Å². The highest BCUT2D eigenvalue weighted by Crippen LogP contribution is 2.29. The van der Waals surface area contributed by atoms with E-state index in [1.54, 1.807) is 36.9 Å². The number of morpholine rings is 1. The monoisotopic (exact) mass is 468 g/mol. The molecule has 0 amide bonds. The second kappa shape index (κ2) is 8.24.